The Morgan fingerprint density at radius 1 is 0.733 bits per heavy atom. The third-order valence-corrected chi connectivity index (χ3v) is 8.60. The molecule has 3 fully saturated rings. The molecule has 12 heteroatoms. The van der Waals surface area contributed by atoms with Crippen LogP contribution in [0.5, 0.6) is 0 Å². The number of anilines is 4. The van der Waals surface area contributed by atoms with Gasteiger partial charge in [-0.2, -0.15) is 0 Å². The van der Waals surface area contributed by atoms with E-state index in [9.17, 15) is 9.59 Å². The van der Waals surface area contributed by atoms with Gasteiger partial charge in [0.2, 0.25) is 0 Å². The van der Waals surface area contributed by atoms with Crippen LogP contribution in [0.15, 0.2) is 54.6 Å². The second kappa shape index (κ2) is 13.8. The highest BCUT2D eigenvalue weighted by atomic mass is 16.5. The predicted octanol–water partition coefficient (Wildman–Crippen LogP) is 3.63. The molecule has 0 saturated carbocycles. The molecule has 2 aromatic carbocycles. The molecule has 2 atom stereocenters. The number of aromatic nitrogens is 2. The number of hydrogen-bond acceptors (Lipinski definition) is 9. The highest BCUT2D eigenvalue weighted by Crippen LogP contribution is 2.29. The number of rotatable bonds is 6. The summed E-state index contributed by atoms with van der Waals surface area (Å²) in [5.41, 5.74) is 2.71. The van der Waals surface area contributed by atoms with Gasteiger partial charge >= 0.3 is 6.03 Å². The Hall–Kier alpha value is -4.26. The Morgan fingerprint density at radius 3 is 1.76 bits per heavy atom. The minimum Gasteiger partial charge on any atom is -0.377 e. The van der Waals surface area contributed by atoms with E-state index in [0.29, 0.717) is 49.2 Å². The Morgan fingerprint density at radius 2 is 1.24 bits per heavy atom. The van der Waals surface area contributed by atoms with Crippen molar-refractivity contribution in [3.8, 4) is 11.4 Å². The molecule has 6 rings (SSSR count). The van der Waals surface area contributed by atoms with Gasteiger partial charge in [-0.15, -0.1) is 0 Å². The Kier molecular flexibility index (Phi) is 9.43. The lowest BCUT2D eigenvalue weighted by atomic mass is 10.1. The van der Waals surface area contributed by atoms with Gasteiger partial charge in [-0.3, -0.25) is 4.79 Å². The van der Waals surface area contributed by atoms with Gasteiger partial charge in [0.1, 0.15) is 11.6 Å². The summed E-state index contributed by atoms with van der Waals surface area (Å²) >= 11 is 0. The maximum absolute atomic E-state index is 12.8. The summed E-state index contributed by atoms with van der Waals surface area (Å²) in [6, 6.07) is 16.6. The molecule has 3 saturated heterocycles. The Balaban J connectivity index is 1.12. The number of nitrogens with one attached hydrogen (secondary N) is 2. The van der Waals surface area contributed by atoms with E-state index in [2.05, 4.69) is 52.3 Å². The lowest BCUT2D eigenvalue weighted by Crippen LogP contribution is -2.47. The van der Waals surface area contributed by atoms with Crippen LogP contribution in [-0.2, 0) is 9.47 Å². The molecule has 3 amide bonds. The molecule has 45 heavy (non-hydrogen) atoms. The summed E-state index contributed by atoms with van der Waals surface area (Å²) < 4.78 is 11.3. The lowest BCUT2D eigenvalue weighted by Gasteiger charge is -2.37. The van der Waals surface area contributed by atoms with Crippen LogP contribution in [0.3, 0.4) is 0 Å². The maximum Gasteiger partial charge on any atom is 0.323 e. The van der Waals surface area contributed by atoms with E-state index in [-0.39, 0.29) is 24.0 Å². The zero-order chi connectivity index (χ0) is 31.3. The van der Waals surface area contributed by atoms with E-state index >= 15 is 0 Å². The minimum absolute atomic E-state index is 0.0136. The number of morpholine rings is 2. The number of amides is 3. The van der Waals surface area contributed by atoms with E-state index in [0.717, 1.165) is 56.5 Å². The molecule has 12 nitrogen and oxygen atoms in total. The van der Waals surface area contributed by atoms with Crippen molar-refractivity contribution < 1.29 is 19.1 Å². The lowest BCUT2D eigenvalue weighted by molar-refractivity contribution is 0.0664. The smallest absolute Gasteiger partial charge is 0.323 e. The Bertz CT molecular complexity index is 1440. The first-order chi connectivity index (χ1) is 21.8. The van der Waals surface area contributed by atoms with Crippen LogP contribution in [0.1, 0.15) is 24.2 Å². The molecule has 3 aliphatic heterocycles. The van der Waals surface area contributed by atoms with Crippen molar-refractivity contribution in [2.75, 3.05) is 93.2 Å². The first-order valence-corrected chi connectivity index (χ1v) is 15.7. The van der Waals surface area contributed by atoms with Gasteiger partial charge in [0.25, 0.3) is 5.91 Å². The molecule has 1 aromatic heterocycles. The zero-order valence-electron chi connectivity index (χ0n) is 26.2. The summed E-state index contributed by atoms with van der Waals surface area (Å²) in [5.74, 6) is 2.39. The molecule has 4 heterocycles. The van der Waals surface area contributed by atoms with E-state index in [4.69, 9.17) is 19.4 Å². The average Bonchev–Trinajstić information content (AvgIpc) is 3.06. The molecule has 3 aliphatic rings. The van der Waals surface area contributed by atoms with Crippen molar-refractivity contribution in [3.63, 3.8) is 0 Å². The highest BCUT2D eigenvalue weighted by molar-refractivity contribution is 6.00. The second-order valence-corrected chi connectivity index (χ2v) is 12.0. The number of ether oxygens (including phenoxy) is 2. The summed E-state index contributed by atoms with van der Waals surface area (Å²) in [5, 5.41) is 5.73. The summed E-state index contributed by atoms with van der Waals surface area (Å²) in [7, 11) is 2.06. The SMILES string of the molecule is C[C@@H]1COCCN1c1cc(N2CCOC[C@H]2C)nc(-c2ccc(NC(=O)Nc3ccc(C(=O)N4CCN(C)CC4)cc3)cc2)n1. The first kappa shape index (κ1) is 30.8. The maximum atomic E-state index is 12.8. The van der Waals surface area contributed by atoms with Crippen molar-refractivity contribution >= 4 is 34.9 Å². The third kappa shape index (κ3) is 7.35. The minimum atomic E-state index is -0.371. The molecule has 0 aliphatic carbocycles. The van der Waals surface area contributed by atoms with Gasteiger partial charge in [-0.1, -0.05) is 0 Å². The van der Waals surface area contributed by atoms with Crippen molar-refractivity contribution in [1.82, 2.24) is 19.8 Å². The molecule has 3 aromatic rings. The van der Waals surface area contributed by atoms with Crippen molar-refractivity contribution in [3.05, 3.63) is 60.2 Å². The fourth-order valence-electron chi connectivity index (χ4n) is 5.86. The number of nitrogens with zero attached hydrogens (tertiary/aromatic N) is 6. The van der Waals surface area contributed by atoms with Crippen LogP contribution in [-0.4, -0.2) is 117 Å². The molecule has 0 unspecified atom stereocenters. The molecule has 0 radical (unpaired) electrons. The first-order valence-electron chi connectivity index (χ1n) is 15.7. The van der Waals surface area contributed by atoms with Crippen molar-refractivity contribution in [2.45, 2.75) is 25.9 Å². The van der Waals surface area contributed by atoms with E-state index in [1.807, 2.05) is 29.2 Å². The highest BCUT2D eigenvalue weighted by Gasteiger charge is 2.26. The van der Waals surface area contributed by atoms with Crippen LogP contribution >= 0.6 is 0 Å². The Labute approximate surface area is 264 Å². The van der Waals surface area contributed by atoms with Gasteiger partial charge in [0.05, 0.1) is 38.5 Å². The van der Waals surface area contributed by atoms with Gasteiger partial charge in [0, 0.05) is 67.8 Å². The number of urea groups is 1. The van der Waals surface area contributed by atoms with Crippen LogP contribution in [0, 0.1) is 0 Å². The van der Waals surface area contributed by atoms with Crippen LogP contribution < -0.4 is 20.4 Å². The fourth-order valence-corrected chi connectivity index (χ4v) is 5.86. The molecular weight excluding hydrogens is 572 g/mol. The molecule has 238 valence electrons. The topological polar surface area (TPSA) is 115 Å². The third-order valence-electron chi connectivity index (χ3n) is 8.60. The normalized spacial score (nSPS) is 21.0. The quantitative estimate of drug-likeness (QED) is 0.430. The van der Waals surface area contributed by atoms with E-state index < -0.39 is 0 Å². The summed E-state index contributed by atoms with van der Waals surface area (Å²) in [6.45, 7) is 11.6. The summed E-state index contributed by atoms with van der Waals surface area (Å²) in [4.78, 5) is 44.2. The zero-order valence-corrected chi connectivity index (χ0v) is 26.2. The largest absolute Gasteiger partial charge is 0.377 e. The number of likely N-dealkylation sites (N-methyl/N-ethyl adjacent to an activating group) is 1. The molecule has 2 N–H and O–H groups in total. The van der Waals surface area contributed by atoms with Crippen molar-refractivity contribution in [2.24, 2.45) is 0 Å². The second-order valence-electron chi connectivity index (χ2n) is 12.0. The number of carbonyl (C=O) groups excluding carboxylic acids is 2. The van der Waals surface area contributed by atoms with Crippen LogP contribution in [0.25, 0.3) is 11.4 Å². The fraction of sp³-hybridized carbons (Fsp3) is 0.455. The van der Waals surface area contributed by atoms with Gasteiger partial charge < -0.3 is 39.7 Å². The van der Waals surface area contributed by atoms with Gasteiger partial charge in [-0.25, -0.2) is 14.8 Å². The van der Waals surface area contributed by atoms with Gasteiger partial charge in [-0.05, 0) is 69.4 Å². The number of piperazine rings is 1. The van der Waals surface area contributed by atoms with E-state index in [1.54, 1.807) is 24.3 Å². The van der Waals surface area contributed by atoms with Crippen molar-refractivity contribution in [1.29, 1.82) is 0 Å². The molecule has 0 bridgehead atoms. The monoisotopic (exact) mass is 614 g/mol. The standard InChI is InChI=1S/C33H42N8O4/c1-23-21-44-18-16-40(23)29-20-30(41-17-19-45-22-24(41)2)37-31(36-29)25-4-8-27(9-5-25)34-33(43)35-28-10-6-26(7-11-28)32(42)39-14-12-38(3)13-15-39/h4-11,20,23-24H,12-19,21-22H2,1-3H3,(H2,34,35,43)/t23-,24-/m1/s1. The van der Waals surface area contributed by atoms with Crippen LogP contribution in [0.2, 0.25) is 0 Å². The summed E-state index contributed by atoms with van der Waals surface area (Å²) in [6.07, 6.45) is 0. The molecule has 0 spiro atoms. The average molecular weight is 615 g/mol. The van der Waals surface area contributed by atoms with E-state index in [1.165, 1.54) is 0 Å². The molecular formula is C33H42N8O4. The number of carbonyl (C=O) groups is 2. The van der Waals surface area contributed by atoms with Crippen LogP contribution in [0.4, 0.5) is 27.8 Å². The predicted molar refractivity (Wildman–Crippen MR) is 175 cm³/mol. The van der Waals surface area contributed by atoms with Gasteiger partial charge in [0.15, 0.2) is 5.82 Å². The number of hydrogen-bond donors (Lipinski definition) is 2. The number of benzene rings is 2.